The summed E-state index contributed by atoms with van der Waals surface area (Å²) in [6.07, 6.45) is 2.08. The molecule has 0 aliphatic heterocycles. The number of thiazole rings is 1. The molecule has 3 aromatic rings. The van der Waals surface area contributed by atoms with Crippen LogP contribution >= 0.6 is 11.3 Å². The molecule has 0 saturated carbocycles. The fourth-order valence-corrected chi connectivity index (χ4v) is 3.30. The number of benzene rings is 2. The summed E-state index contributed by atoms with van der Waals surface area (Å²) in [5.74, 6) is -0.163. The predicted octanol–water partition coefficient (Wildman–Crippen LogP) is 3.77. The van der Waals surface area contributed by atoms with E-state index in [1.165, 1.54) is 12.3 Å². The number of para-hydroxylation sites is 1. The Labute approximate surface area is 165 Å². The van der Waals surface area contributed by atoms with Crippen molar-refractivity contribution in [1.82, 2.24) is 10.4 Å². The van der Waals surface area contributed by atoms with E-state index in [4.69, 9.17) is 10.5 Å². The molecule has 1 amide bonds. The first kappa shape index (κ1) is 19.5. The number of nitrogens with one attached hydrogen (secondary N) is 1. The van der Waals surface area contributed by atoms with Gasteiger partial charge in [0.25, 0.3) is 5.91 Å². The minimum absolute atomic E-state index is 0.0872. The molecule has 0 radical (unpaired) electrons. The first-order valence-corrected chi connectivity index (χ1v) is 9.44. The van der Waals surface area contributed by atoms with Gasteiger partial charge in [0.1, 0.15) is 23.1 Å². The standard InChI is InChI=1S/C20H19FN4O2S/c1-2-16-18(28-20(22)24-16)19(26)25-23-11-13-7-4-6-10-17(13)27-12-14-8-3-5-9-15(14)21/h3-11H,2,12H2,1H3,(H2,22,24)(H,25,26). The molecule has 0 spiro atoms. The number of hydrazone groups is 1. The molecule has 1 heterocycles. The number of carbonyl (C=O) groups excluding carboxylic acids is 1. The number of rotatable bonds is 7. The molecule has 1 aromatic heterocycles. The quantitative estimate of drug-likeness (QED) is 0.468. The maximum atomic E-state index is 13.7. The van der Waals surface area contributed by atoms with E-state index >= 15 is 0 Å². The molecular weight excluding hydrogens is 379 g/mol. The minimum Gasteiger partial charge on any atom is -0.488 e. The Hall–Kier alpha value is -3.26. The minimum atomic E-state index is -0.368. The zero-order chi connectivity index (χ0) is 19.9. The van der Waals surface area contributed by atoms with Crippen molar-refractivity contribution < 1.29 is 13.9 Å². The Morgan fingerprint density at radius 2 is 2.04 bits per heavy atom. The van der Waals surface area contributed by atoms with Gasteiger partial charge in [-0.3, -0.25) is 4.79 Å². The van der Waals surface area contributed by atoms with E-state index < -0.39 is 0 Å². The van der Waals surface area contributed by atoms with E-state index in [-0.39, 0.29) is 18.3 Å². The van der Waals surface area contributed by atoms with Crippen LogP contribution in [0.15, 0.2) is 53.6 Å². The first-order chi connectivity index (χ1) is 13.6. The van der Waals surface area contributed by atoms with E-state index in [0.717, 1.165) is 11.3 Å². The number of nitrogen functional groups attached to an aromatic ring is 1. The number of aromatic nitrogens is 1. The topological polar surface area (TPSA) is 89.6 Å². The van der Waals surface area contributed by atoms with E-state index in [0.29, 0.717) is 39.0 Å². The zero-order valence-electron chi connectivity index (χ0n) is 15.2. The summed E-state index contributed by atoms with van der Waals surface area (Å²) < 4.78 is 19.5. The highest BCUT2D eigenvalue weighted by molar-refractivity contribution is 7.17. The number of halogens is 1. The number of anilines is 1. The van der Waals surface area contributed by atoms with Gasteiger partial charge in [0.05, 0.1) is 11.9 Å². The van der Waals surface area contributed by atoms with Gasteiger partial charge < -0.3 is 10.5 Å². The van der Waals surface area contributed by atoms with Gasteiger partial charge >= 0.3 is 0 Å². The van der Waals surface area contributed by atoms with E-state index in [1.54, 1.807) is 36.4 Å². The highest BCUT2D eigenvalue weighted by Gasteiger charge is 2.15. The Bertz CT molecular complexity index is 1000. The molecule has 0 aliphatic rings. The van der Waals surface area contributed by atoms with Gasteiger partial charge in [-0.2, -0.15) is 5.10 Å². The second-order valence-corrected chi connectivity index (χ2v) is 6.83. The molecule has 0 atom stereocenters. The fourth-order valence-electron chi connectivity index (χ4n) is 2.49. The summed E-state index contributed by atoms with van der Waals surface area (Å²) in [6.45, 7) is 1.99. The molecule has 2 aromatic carbocycles. The number of hydrogen-bond acceptors (Lipinski definition) is 6. The summed E-state index contributed by atoms with van der Waals surface area (Å²) >= 11 is 1.12. The molecule has 28 heavy (non-hydrogen) atoms. The Balaban J connectivity index is 1.67. The lowest BCUT2D eigenvalue weighted by Crippen LogP contribution is -2.17. The molecule has 8 heteroatoms. The van der Waals surface area contributed by atoms with Crippen LogP contribution in [0, 0.1) is 5.82 Å². The van der Waals surface area contributed by atoms with Crippen molar-refractivity contribution >= 4 is 28.6 Å². The molecule has 0 bridgehead atoms. The second kappa shape index (κ2) is 9.09. The van der Waals surface area contributed by atoms with Gasteiger partial charge in [0.2, 0.25) is 0 Å². The summed E-state index contributed by atoms with van der Waals surface area (Å²) in [6, 6.07) is 13.6. The number of hydrogen-bond donors (Lipinski definition) is 2. The lowest BCUT2D eigenvalue weighted by molar-refractivity contribution is 0.0958. The Kier molecular flexibility index (Phi) is 6.33. The van der Waals surface area contributed by atoms with Crippen molar-refractivity contribution in [2.45, 2.75) is 20.0 Å². The zero-order valence-corrected chi connectivity index (χ0v) is 16.0. The lowest BCUT2D eigenvalue weighted by Gasteiger charge is -2.09. The maximum Gasteiger partial charge on any atom is 0.283 e. The number of nitrogens with two attached hydrogens (primary N) is 1. The SMILES string of the molecule is CCc1nc(N)sc1C(=O)NN=Cc1ccccc1OCc1ccccc1F. The molecule has 3 rings (SSSR count). The Morgan fingerprint density at radius 1 is 1.29 bits per heavy atom. The van der Waals surface area contributed by atoms with E-state index in [9.17, 15) is 9.18 Å². The third kappa shape index (κ3) is 4.72. The monoisotopic (exact) mass is 398 g/mol. The van der Waals surface area contributed by atoms with Crippen LogP contribution in [0.5, 0.6) is 5.75 Å². The summed E-state index contributed by atoms with van der Waals surface area (Å²) in [5.41, 5.74) is 9.90. The van der Waals surface area contributed by atoms with Crippen molar-refractivity contribution in [3.63, 3.8) is 0 Å². The molecule has 0 unspecified atom stereocenters. The molecule has 3 N–H and O–H groups in total. The van der Waals surface area contributed by atoms with Crippen molar-refractivity contribution in [3.8, 4) is 5.75 Å². The number of carbonyl (C=O) groups is 1. The number of amides is 1. The third-order valence-corrected chi connectivity index (χ3v) is 4.81. The average molecular weight is 398 g/mol. The largest absolute Gasteiger partial charge is 0.488 e. The van der Waals surface area contributed by atoms with Gasteiger partial charge in [-0.15, -0.1) is 0 Å². The predicted molar refractivity (Wildman–Crippen MR) is 108 cm³/mol. The van der Waals surface area contributed by atoms with E-state index in [2.05, 4.69) is 15.5 Å². The summed E-state index contributed by atoms with van der Waals surface area (Å²) in [5, 5.41) is 4.34. The summed E-state index contributed by atoms with van der Waals surface area (Å²) in [7, 11) is 0. The van der Waals surface area contributed by atoms with Crippen molar-refractivity contribution in [2.24, 2.45) is 5.10 Å². The van der Waals surface area contributed by atoms with Gasteiger partial charge in [0.15, 0.2) is 5.13 Å². The number of aryl methyl sites for hydroxylation is 1. The molecular formula is C20H19FN4O2S. The molecule has 144 valence electrons. The second-order valence-electron chi connectivity index (χ2n) is 5.80. The summed E-state index contributed by atoms with van der Waals surface area (Å²) in [4.78, 5) is 16.8. The molecule has 6 nitrogen and oxygen atoms in total. The van der Waals surface area contributed by atoms with Crippen LogP contribution in [0.2, 0.25) is 0 Å². The van der Waals surface area contributed by atoms with Crippen LogP contribution in [-0.4, -0.2) is 17.1 Å². The van der Waals surface area contributed by atoms with Crippen LogP contribution in [0.25, 0.3) is 0 Å². The van der Waals surface area contributed by atoms with Crippen LogP contribution in [0.1, 0.15) is 33.4 Å². The highest BCUT2D eigenvalue weighted by Crippen LogP contribution is 2.21. The number of nitrogens with zero attached hydrogens (tertiary/aromatic N) is 2. The molecule has 0 fully saturated rings. The normalized spacial score (nSPS) is 10.9. The lowest BCUT2D eigenvalue weighted by atomic mass is 10.2. The first-order valence-electron chi connectivity index (χ1n) is 8.62. The van der Waals surface area contributed by atoms with Crippen LogP contribution in [0.3, 0.4) is 0 Å². The smallest absolute Gasteiger partial charge is 0.283 e. The van der Waals surface area contributed by atoms with Crippen LogP contribution in [-0.2, 0) is 13.0 Å². The van der Waals surface area contributed by atoms with Crippen LogP contribution in [0.4, 0.5) is 9.52 Å². The van der Waals surface area contributed by atoms with Crippen LogP contribution < -0.4 is 15.9 Å². The fraction of sp³-hybridized carbons (Fsp3) is 0.150. The van der Waals surface area contributed by atoms with Crippen molar-refractivity contribution in [2.75, 3.05) is 5.73 Å². The van der Waals surface area contributed by atoms with Gasteiger partial charge in [-0.05, 0) is 24.6 Å². The van der Waals surface area contributed by atoms with Crippen molar-refractivity contribution in [3.05, 3.63) is 76.0 Å². The third-order valence-electron chi connectivity index (χ3n) is 3.88. The average Bonchev–Trinajstić information content (AvgIpc) is 3.09. The van der Waals surface area contributed by atoms with Gasteiger partial charge in [0, 0.05) is 11.1 Å². The van der Waals surface area contributed by atoms with E-state index in [1.807, 2.05) is 13.0 Å². The molecule has 0 aliphatic carbocycles. The van der Waals surface area contributed by atoms with Crippen molar-refractivity contribution in [1.29, 1.82) is 0 Å². The Morgan fingerprint density at radius 3 is 2.82 bits per heavy atom. The van der Waals surface area contributed by atoms with Gasteiger partial charge in [-0.25, -0.2) is 14.8 Å². The van der Waals surface area contributed by atoms with Gasteiger partial charge in [-0.1, -0.05) is 48.6 Å². The molecule has 0 saturated heterocycles. The highest BCUT2D eigenvalue weighted by atomic mass is 32.1. The number of ether oxygens (including phenoxy) is 1. The maximum absolute atomic E-state index is 13.7.